The van der Waals surface area contributed by atoms with Crippen molar-refractivity contribution in [2.75, 3.05) is 20.2 Å². The van der Waals surface area contributed by atoms with Crippen molar-refractivity contribution in [3.8, 4) is 17.2 Å². The Morgan fingerprint density at radius 2 is 1.90 bits per heavy atom. The molecular formula is C42H59N2O4+. The highest BCUT2D eigenvalue weighted by Gasteiger charge is 2.46. The lowest BCUT2D eigenvalue weighted by atomic mass is 9.68. The van der Waals surface area contributed by atoms with Crippen LogP contribution in [0.5, 0.6) is 17.2 Å². The van der Waals surface area contributed by atoms with Gasteiger partial charge in [0.2, 0.25) is 0 Å². The summed E-state index contributed by atoms with van der Waals surface area (Å²) in [6.07, 6.45) is 16.3. The molecule has 5 heterocycles. The number of aliphatic hydroxyl groups is 1. The summed E-state index contributed by atoms with van der Waals surface area (Å²) >= 11 is 0. The zero-order valence-electron chi connectivity index (χ0n) is 30.4. The smallest absolute Gasteiger partial charge is 0.133 e. The van der Waals surface area contributed by atoms with Crippen LogP contribution in [0.25, 0.3) is 10.8 Å². The molecular weight excluding hydrogens is 596 g/mol. The number of aromatic hydroxyl groups is 1. The monoisotopic (exact) mass is 655 g/mol. The molecule has 0 amide bonds. The molecule has 4 aliphatic heterocycles. The van der Waals surface area contributed by atoms with Gasteiger partial charge in [0.25, 0.3) is 0 Å². The van der Waals surface area contributed by atoms with E-state index in [1.54, 1.807) is 7.11 Å². The number of nitrogens with zero attached hydrogens (tertiary/aromatic N) is 1. The summed E-state index contributed by atoms with van der Waals surface area (Å²) in [7, 11) is 1.67. The van der Waals surface area contributed by atoms with Crippen LogP contribution in [-0.4, -0.2) is 47.0 Å². The summed E-state index contributed by atoms with van der Waals surface area (Å²) in [6.45, 7) is 19.1. The highest BCUT2D eigenvalue weighted by molar-refractivity contribution is 5.86. The van der Waals surface area contributed by atoms with Crippen molar-refractivity contribution in [3.63, 3.8) is 0 Å². The molecule has 5 aliphatic rings. The number of allylic oxidation sites excluding steroid dienone is 2. The topological polar surface area (TPSA) is 76.3 Å². The van der Waals surface area contributed by atoms with Crippen molar-refractivity contribution < 1.29 is 24.6 Å². The molecule has 1 aromatic heterocycles. The van der Waals surface area contributed by atoms with Crippen LogP contribution in [0.2, 0.25) is 0 Å². The van der Waals surface area contributed by atoms with Gasteiger partial charge in [-0.2, -0.15) is 0 Å². The van der Waals surface area contributed by atoms with E-state index in [1.165, 1.54) is 36.2 Å². The molecule has 48 heavy (non-hydrogen) atoms. The molecule has 3 N–H and O–H groups in total. The second kappa shape index (κ2) is 15.5. The number of phenolic OH excluding ortho intramolecular Hbond substituents is 1. The van der Waals surface area contributed by atoms with E-state index in [-0.39, 0.29) is 17.6 Å². The van der Waals surface area contributed by atoms with Crippen LogP contribution in [0.4, 0.5) is 0 Å². The second-order valence-corrected chi connectivity index (χ2v) is 15.0. The fourth-order valence-corrected chi connectivity index (χ4v) is 8.61. The third-order valence-electron chi connectivity index (χ3n) is 11.5. The Kier molecular flexibility index (Phi) is 11.6. The Morgan fingerprint density at radius 1 is 1.12 bits per heavy atom. The van der Waals surface area contributed by atoms with Crippen molar-refractivity contribution in [2.45, 2.75) is 110 Å². The fraction of sp³-hybridized carbons (Fsp3) is 0.548. The van der Waals surface area contributed by atoms with Gasteiger partial charge in [-0.3, -0.25) is 4.98 Å². The largest absolute Gasteiger partial charge is 0.507 e. The Bertz CT molecular complexity index is 1590. The maximum absolute atomic E-state index is 11.2. The quantitative estimate of drug-likeness (QED) is 0.233. The zero-order valence-corrected chi connectivity index (χ0v) is 30.4. The average Bonchev–Trinajstić information content (AvgIpc) is 3.09. The van der Waals surface area contributed by atoms with Crippen LogP contribution >= 0.6 is 0 Å². The van der Waals surface area contributed by atoms with E-state index in [4.69, 9.17) is 9.47 Å². The molecule has 3 aromatic rings. The molecule has 2 aromatic carbocycles. The van der Waals surface area contributed by atoms with Crippen molar-refractivity contribution in [3.05, 3.63) is 83.7 Å². The highest BCUT2D eigenvalue weighted by Crippen LogP contribution is 2.53. The number of aryl methyl sites for hydroxylation is 1. The molecule has 6 heteroatoms. The lowest BCUT2D eigenvalue weighted by Crippen LogP contribution is -3.20. The number of rotatable bonds is 6. The predicted molar refractivity (Wildman–Crippen MR) is 196 cm³/mol. The lowest BCUT2D eigenvalue weighted by molar-refractivity contribution is -0.949. The Balaban J connectivity index is 0.000000168. The molecule has 2 bridgehead atoms. The first-order chi connectivity index (χ1) is 23.0. The van der Waals surface area contributed by atoms with E-state index in [0.717, 1.165) is 71.3 Å². The molecule has 3 saturated heterocycles. The average molecular weight is 656 g/mol. The van der Waals surface area contributed by atoms with E-state index < -0.39 is 6.10 Å². The Labute approximate surface area is 288 Å². The number of benzene rings is 2. The summed E-state index contributed by atoms with van der Waals surface area (Å²) in [5.74, 6) is 4.06. The van der Waals surface area contributed by atoms with Crippen molar-refractivity contribution in [1.29, 1.82) is 0 Å². The minimum atomic E-state index is -0.489. The van der Waals surface area contributed by atoms with E-state index in [0.29, 0.717) is 23.5 Å². The normalized spacial score (nSPS) is 27.0. The summed E-state index contributed by atoms with van der Waals surface area (Å²) in [5.41, 5.74) is 4.09. The second-order valence-electron chi connectivity index (χ2n) is 15.0. The molecule has 0 saturated carbocycles. The molecule has 0 spiro atoms. The number of piperidine rings is 3. The standard InChI is InChI=1S/C20H24N2O2.C17H22O2.C5H12/c1-3-13-12-22-7-6-14(13)8-19(22)20(23)18-11-21-10-15-4-5-16(24-2)9-17(15)18;1-10-5-7-13-12(9-10)15-14(19-17(13,3)4)8-6-11(2)16(15)18;1-3-5-4-2/h3-5,9-11,13-14,19-20,23H,1,6-8,12H2,2H3;6,8-9,12-13,18H,5,7H2,1-4H3;3-5H2,1-2H3/p+1/t13-,14-,19-,20+;12-,13-;/m01./s1. The van der Waals surface area contributed by atoms with Gasteiger partial charge < -0.3 is 24.6 Å². The van der Waals surface area contributed by atoms with Gasteiger partial charge in [0.05, 0.1) is 20.2 Å². The van der Waals surface area contributed by atoms with Gasteiger partial charge in [-0.25, -0.2) is 0 Å². The molecule has 7 atom stereocenters. The van der Waals surface area contributed by atoms with Gasteiger partial charge in [0, 0.05) is 59.5 Å². The van der Waals surface area contributed by atoms with E-state index in [9.17, 15) is 10.2 Å². The van der Waals surface area contributed by atoms with Crippen molar-refractivity contribution >= 4 is 10.8 Å². The maximum Gasteiger partial charge on any atom is 0.133 e. The molecule has 8 rings (SSSR count). The van der Waals surface area contributed by atoms with E-state index in [1.807, 2.05) is 49.6 Å². The number of unbranched alkanes of at least 4 members (excludes halogenated alkanes) is 2. The molecule has 0 radical (unpaired) electrons. The van der Waals surface area contributed by atoms with Crippen molar-refractivity contribution in [1.82, 2.24) is 4.98 Å². The number of hydrogen-bond acceptors (Lipinski definition) is 5. The van der Waals surface area contributed by atoms with Gasteiger partial charge >= 0.3 is 0 Å². The number of ether oxygens (including phenoxy) is 2. The molecule has 1 aliphatic carbocycles. The summed E-state index contributed by atoms with van der Waals surface area (Å²) in [5, 5.41) is 23.7. The third-order valence-corrected chi connectivity index (χ3v) is 11.5. The number of hydrogen-bond donors (Lipinski definition) is 3. The number of quaternary nitrogens is 1. The third kappa shape index (κ3) is 7.45. The number of nitrogens with one attached hydrogen (secondary N) is 1. The summed E-state index contributed by atoms with van der Waals surface area (Å²) in [6, 6.07) is 10.1. The van der Waals surface area contributed by atoms with Crippen molar-refractivity contribution in [2.24, 2.45) is 17.8 Å². The first kappa shape index (κ1) is 35.9. The van der Waals surface area contributed by atoms with Gasteiger partial charge in [0.1, 0.15) is 35.0 Å². The van der Waals surface area contributed by atoms with Gasteiger partial charge in [0.15, 0.2) is 0 Å². The molecule has 260 valence electrons. The highest BCUT2D eigenvalue weighted by atomic mass is 16.5. The van der Waals surface area contributed by atoms with Crippen LogP contribution in [0, 0.1) is 24.7 Å². The first-order valence-corrected chi connectivity index (χ1v) is 18.3. The van der Waals surface area contributed by atoms with Gasteiger partial charge in [-0.05, 0) is 81.7 Å². The molecule has 3 fully saturated rings. The van der Waals surface area contributed by atoms with Crippen LogP contribution in [-0.2, 0) is 0 Å². The molecule has 1 unspecified atom stereocenters. The fourth-order valence-electron chi connectivity index (χ4n) is 8.61. The lowest BCUT2D eigenvalue weighted by Gasteiger charge is -2.47. The summed E-state index contributed by atoms with van der Waals surface area (Å²) in [4.78, 5) is 5.86. The summed E-state index contributed by atoms with van der Waals surface area (Å²) < 4.78 is 11.5. The SMILES string of the molecule is C=C[C@H]1C[NH+]2CC[C@H]1C[C@H]2[C@H](O)c1cncc2ccc(OC)cc12.CC1=C[C@H]2c3c(ccc(C)c3O)OC(C)(C)[C@@H]2CC1.CCCCC. The number of phenols is 1. The zero-order chi connectivity index (χ0) is 34.6. The van der Waals surface area contributed by atoms with Gasteiger partial charge in [-0.1, -0.05) is 56.9 Å². The molecule has 6 nitrogen and oxygen atoms in total. The van der Waals surface area contributed by atoms with E-state index in [2.05, 4.69) is 58.3 Å². The Hall–Kier alpha value is -3.35. The van der Waals surface area contributed by atoms with Crippen LogP contribution < -0.4 is 14.4 Å². The number of fused-ring (bicyclic) bond motifs is 7. The predicted octanol–water partition coefficient (Wildman–Crippen LogP) is 8.26. The first-order valence-electron chi connectivity index (χ1n) is 18.3. The minimum Gasteiger partial charge on any atom is -0.507 e. The maximum atomic E-state index is 11.2. The number of aliphatic hydroxyl groups excluding tert-OH is 1. The number of methoxy groups -OCH3 is 1. The Morgan fingerprint density at radius 3 is 2.54 bits per heavy atom. The van der Waals surface area contributed by atoms with Crippen LogP contribution in [0.3, 0.4) is 0 Å². The number of aromatic nitrogens is 1. The minimum absolute atomic E-state index is 0.170. The number of pyridine rings is 1. The van der Waals surface area contributed by atoms with Crippen LogP contribution in [0.15, 0.2) is 67.0 Å². The van der Waals surface area contributed by atoms with E-state index >= 15 is 0 Å². The van der Waals surface area contributed by atoms with Crippen LogP contribution in [0.1, 0.15) is 108 Å². The van der Waals surface area contributed by atoms with Gasteiger partial charge in [-0.15, -0.1) is 6.58 Å².